The predicted molar refractivity (Wildman–Crippen MR) is 56.5 cm³/mol. The van der Waals surface area contributed by atoms with Gasteiger partial charge in [-0.25, -0.2) is 8.78 Å². The molecule has 1 N–H and O–H groups in total. The van der Waals surface area contributed by atoms with Crippen LogP contribution in [0.1, 0.15) is 17.4 Å². The number of hydrogen-bond acceptors (Lipinski definition) is 3. The molecule has 0 fully saturated rings. The molecule has 2 aromatic rings. The van der Waals surface area contributed by atoms with Crippen LogP contribution in [0.25, 0.3) is 0 Å². The van der Waals surface area contributed by atoms with Gasteiger partial charge in [-0.1, -0.05) is 0 Å². The first-order chi connectivity index (χ1) is 8.16. The second kappa shape index (κ2) is 5.01. The molecule has 0 amide bonds. The third kappa shape index (κ3) is 2.85. The van der Waals surface area contributed by atoms with Crippen LogP contribution in [-0.4, -0.2) is 26.3 Å². The quantitative estimate of drug-likeness (QED) is 0.882. The highest BCUT2D eigenvalue weighted by Crippen LogP contribution is 2.19. The van der Waals surface area contributed by atoms with Gasteiger partial charge in [-0.05, 0) is 23.8 Å². The third-order valence-electron chi connectivity index (χ3n) is 2.29. The molecule has 90 valence electrons. The van der Waals surface area contributed by atoms with Crippen LogP contribution in [0.5, 0.6) is 0 Å². The van der Waals surface area contributed by atoms with Gasteiger partial charge in [0, 0.05) is 18.6 Å². The maximum atomic E-state index is 12.1. The van der Waals surface area contributed by atoms with Crippen LogP contribution in [0.3, 0.4) is 0 Å². The highest BCUT2D eigenvalue weighted by atomic mass is 19.3. The number of aliphatic hydroxyl groups excluding tert-OH is 1. The van der Waals surface area contributed by atoms with Gasteiger partial charge in [-0.2, -0.15) is 5.10 Å². The minimum absolute atomic E-state index is 0.344. The van der Waals surface area contributed by atoms with E-state index in [0.29, 0.717) is 11.3 Å². The molecule has 0 aliphatic carbocycles. The Kier molecular flexibility index (Phi) is 3.43. The fourth-order valence-electron chi connectivity index (χ4n) is 1.48. The van der Waals surface area contributed by atoms with Crippen LogP contribution in [0.15, 0.2) is 36.8 Å². The fourth-order valence-corrected chi connectivity index (χ4v) is 1.48. The van der Waals surface area contributed by atoms with Gasteiger partial charge in [0.05, 0.1) is 5.69 Å². The Morgan fingerprint density at radius 2 is 1.94 bits per heavy atom. The van der Waals surface area contributed by atoms with Crippen molar-refractivity contribution in [2.24, 2.45) is 0 Å². The van der Waals surface area contributed by atoms with Crippen molar-refractivity contribution in [3.63, 3.8) is 0 Å². The Labute approximate surface area is 96.5 Å². The van der Waals surface area contributed by atoms with Gasteiger partial charge in [0.15, 0.2) is 0 Å². The van der Waals surface area contributed by atoms with Crippen molar-refractivity contribution < 1.29 is 13.9 Å². The summed E-state index contributed by atoms with van der Waals surface area (Å²) in [5, 5.41) is 13.8. The maximum Gasteiger partial charge on any atom is 0.257 e. The molecule has 4 nitrogen and oxygen atoms in total. The van der Waals surface area contributed by atoms with Gasteiger partial charge in [0.2, 0.25) is 0 Å². The molecule has 0 bridgehead atoms. The summed E-state index contributed by atoms with van der Waals surface area (Å²) in [6.07, 6.45) is 1.15. The lowest BCUT2D eigenvalue weighted by atomic mass is 10.1. The first kappa shape index (κ1) is 11.7. The summed E-state index contributed by atoms with van der Waals surface area (Å²) in [4.78, 5) is 3.83. The Morgan fingerprint density at radius 1 is 1.24 bits per heavy atom. The van der Waals surface area contributed by atoms with Crippen molar-refractivity contribution in [1.82, 2.24) is 14.8 Å². The molecular weight excluding hydrogens is 228 g/mol. The lowest BCUT2D eigenvalue weighted by Crippen LogP contribution is -2.08. The summed E-state index contributed by atoms with van der Waals surface area (Å²) in [6.45, 7) is -0.469. The molecule has 2 rings (SSSR count). The van der Waals surface area contributed by atoms with Crippen LogP contribution in [-0.2, 0) is 6.54 Å². The summed E-state index contributed by atoms with van der Waals surface area (Å²) >= 11 is 0. The monoisotopic (exact) mass is 239 g/mol. The first-order valence-electron chi connectivity index (χ1n) is 5.06. The van der Waals surface area contributed by atoms with E-state index in [1.165, 1.54) is 12.3 Å². The predicted octanol–water partition coefficient (Wildman–Crippen LogP) is 1.62. The summed E-state index contributed by atoms with van der Waals surface area (Å²) in [5.74, 6) is 0. The summed E-state index contributed by atoms with van der Waals surface area (Å²) < 4.78 is 25.4. The second-order valence-electron chi connectivity index (χ2n) is 3.54. The molecule has 0 saturated heterocycles. The molecular formula is C11H11F2N3O. The zero-order valence-corrected chi connectivity index (χ0v) is 8.87. The topological polar surface area (TPSA) is 50.9 Å². The molecule has 0 saturated carbocycles. The molecule has 1 atom stereocenters. The molecule has 17 heavy (non-hydrogen) atoms. The number of rotatable bonds is 4. The molecule has 2 heterocycles. The fraction of sp³-hybridized carbons (Fsp3) is 0.273. The van der Waals surface area contributed by atoms with Gasteiger partial charge < -0.3 is 5.11 Å². The normalized spacial score (nSPS) is 12.9. The summed E-state index contributed by atoms with van der Waals surface area (Å²) in [6, 6.07) is 4.82. The first-order valence-corrected chi connectivity index (χ1v) is 5.06. The standard InChI is InChI=1S/C11H11F2N3O/c12-10(13)7-16-6-3-9(15-16)11(17)8-1-4-14-5-2-8/h1-6,10-11,17H,7H2. The van der Waals surface area contributed by atoms with E-state index < -0.39 is 19.1 Å². The molecule has 2 aromatic heterocycles. The van der Waals surface area contributed by atoms with E-state index in [1.807, 2.05) is 0 Å². The van der Waals surface area contributed by atoms with Crippen molar-refractivity contribution in [2.75, 3.05) is 0 Å². The van der Waals surface area contributed by atoms with Crippen molar-refractivity contribution in [3.05, 3.63) is 48.0 Å². The van der Waals surface area contributed by atoms with E-state index >= 15 is 0 Å². The van der Waals surface area contributed by atoms with Gasteiger partial charge in [-0.3, -0.25) is 9.67 Å². The lowest BCUT2D eigenvalue weighted by Gasteiger charge is -2.07. The van der Waals surface area contributed by atoms with Crippen molar-refractivity contribution >= 4 is 0 Å². The Morgan fingerprint density at radius 3 is 2.59 bits per heavy atom. The SMILES string of the molecule is OC(c1ccncc1)c1ccn(CC(F)F)n1. The van der Waals surface area contributed by atoms with Crippen LogP contribution >= 0.6 is 0 Å². The molecule has 0 aliphatic heterocycles. The largest absolute Gasteiger partial charge is 0.382 e. The van der Waals surface area contributed by atoms with E-state index in [4.69, 9.17) is 0 Å². The van der Waals surface area contributed by atoms with E-state index in [9.17, 15) is 13.9 Å². The Balaban J connectivity index is 2.15. The molecule has 0 spiro atoms. The maximum absolute atomic E-state index is 12.1. The van der Waals surface area contributed by atoms with Gasteiger partial charge in [-0.15, -0.1) is 0 Å². The highest BCUT2D eigenvalue weighted by Gasteiger charge is 2.14. The average molecular weight is 239 g/mol. The Bertz CT molecular complexity index is 473. The molecule has 0 radical (unpaired) electrons. The zero-order valence-electron chi connectivity index (χ0n) is 8.87. The van der Waals surface area contributed by atoms with Crippen LogP contribution in [0, 0.1) is 0 Å². The van der Waals surface area contributed by atoms with Crippen LogP contribution in [0.4, 0.5) is 8.78 Å². The van der Waals surface area contributed by atoms with Crippen LogP contribution in [0.2, 0.25) is 0 Å². The molecule has 0 aromatic carbocycles. The number of aromatic nitrogens is 3. The number of halogens is 2. The van der Waals surface area contributed by atoms with Crippen LogP contribution < -0.4 is 0 Å². The summed E-state index contributed by atoms with van der Waals surface area (Å²) in [5.41, 5.74) is 0.971. The second-order valence-corrected chi connectivity index (χ2v) is 3.54. The van der Waals surface area contributed by atoms with Crippen molar-refractivity contribution in [3.8, 4) is 0 Å². The Hall–Kier alpha value is -1.82. The molecule has 6 heteroatoms. The zero-order chi connectivity index (χ0) is 12.3. The van der Waals surface area contributed by atoms with Crippen molar-refractivity contribution in [2.45, 2.75) is 19.1 Å². The molecule has 0 aliphatic rings. The van der Waals surface area contributed by atoms with E-state index in [0.717, 1.165) is 4.68 Å². The highest BCUT2D eigenvalue weighted by molar-refractivity contribution is 5.22. The number of nitrogens with zero attached hydrogens (tertiary/aromatic N) is 3. The third-order valence-corrected chi connectivity index (χ3v) is 2.29. The number of pyridine rings is 1. The van der Waals surface area contributed by atoms with E-state index in [1.54, 1.807) is 24.5 Å². The van der Waals surface area contributed by atoms with Crippen molar-refractivity contribution in [1.29, 1.82) is 0 Å². The number of aliphatic hydroxyl groups is 1. The number of alkyl halides is 2. The summed E-state index contributed by atoms with van der Waals surface area (Å²) in [7, 11) is 0. The smallest absolute Gasteiger partial charge is 0.257 e. The van der Waals surface area contributed by atoms with Gasteiger partial charge >= 0.3 is 0 Å². The van der Waals surface area contributed by atoms with Gasteiger partial charge in [0.1, 0.15) is 12.6 Å². The minimum atomic E-state index is -2.46. The van der Waals surface area contributed by atoms with Gasteiger partial charge in [0.25, 0.3) is 6.43 Å². The molecule has 1 unspecified atom stereocenters. The van der Waals surface area contributed by atoms with E-state index in [-0.39, 0.29) is 0 Å². The lowest BCUT2D eigenvalue weighted by molar-refractivity contribution is 0.121. The average Bonchev–Trinajstić information content (AvgIpc) is 2.77. The van der Waals surface area contributed by atoms with E-state index in [2.05, 4.69) is 10.1 Å². The number of hydrogen-bond donors (Lipinski definition) is 1. The minimum Gasteiger partial charge on any atom is -0.382 e.